The van der Waals surface area contributed by atoms with Gasteiger partial charge in [-0.15, -0.1) is 0 Å². The van der Waals surface area contributed by atoms with Crippen LogP contribution in [0.5, 0.6) is 5.75 Å². The van der Waals surface area contributed by atoms with Gasteiger partial charge in [0.25, 0.3) is 5.91 Å². The van der Waals surface area contributed by atoms with Gasteiger partial charge in [0.1, 0.15) is 11.6 Å². The number of amides is 1. The summed E-state index contributed by atoms with van der Waals surface area (Å²) in [6.07, 6.45) is 3.00. The smallest absolute Gasteiger partial charge is 0.254 e. The predicted molar refractivity (Wildman–Crippen MR) is 125 cm³/mol. The van der Waals surface area contributed by atoms with E-state index in [0.717, 1.165) is 60.6 Å². The van der Waals surface area contributed by atoms with E-state index in [1.807, 2.05) is 30.9 Å². The maximum Gasteiger partial charge on any atom is 0.254 e. The second kappa shape index (κ2) is 8.18. The van der Waals surface area contributed by atoms with E-state index in [0.29, 0.717) is 17.8 Å². The number of allylic oxidation sites excluding steroid dienone is 1. The molecule has 1 unspecified atom stereocenters. The third-order valence-corrected chi connectivity index (χ3v) is 7.21. The number of ether oxygens (including phenoxy) is 1. The Morgan fingerprint density at radius 1 is 1.26 bits per heavy atom. The van der Waals surface area contributed by atoms with Gasteiger partial charge in [-0.25, -0.2) is 4.99 Å². The number of hydrogen-bond donors (Lipinski definition) is 1. The van der Waals surface area contributed by atoms with Crippen molar-refractivity contribution < 1.29 is 9.53 Å². The van der Waals surface area contributed by atoms with Crippen molar-refractivity contribution in [2.45, 2.75) is 58.4 Å². The van der Waals surface area contributed by atoms with Crippen molar-refractivity contribution in [3.05, 3.63) is 52.4 Å². The maximum atomic E-state index is 13.6. The number of para-hydroxylation sites is 1. The average Bonchev–Trinajstić information content (AvgIpc) is 3.62. The number of carbonyl (C=O) groups is 1. The van der Waals surface area contributed by atoms with Gasteiger partial charge in [-0.05, 0) is 76.1 Å². The Morgan fingerprint density at radius 2 is 1.90 bits per heavy atom. The Kier molecular flexibility index (Phi) is 5.71. The highest BCUT2D eigenvalue weighted by Gasteiger charge is 2.58. The molecule has 1 amide bonds. The molecule has 31 heavy (non-hydrogen) atoms. The Bertz CT molecular complexity index is 941. The number of methoxy groups -OCH3 is 1. The van der Waals surface area contributed by atoms with Crippen LogP contribution in [0.25, 0.3) is 0 Å². The third kappa shape index (κ3) is 4.02. The molecule has 1 aromatic carbocycles. The summed E-state index contributed by atoms with van der Waals surface area (Å²) in [7, 11) is 1.73. The highest BCUT2D eigenvalue weighted by molar-refractivity contribution is 5.99. The minimum absolute atomic E-state index is 0.0873. The van der Waals surface area contributed by atoms with Gasteiger partial charge in [-0.1, -0.05) is 30.7 Å². The van der Waals surface area contributed by atoms with E-state index in [2.05, 4.69) is 43.0 Å². The molecular weight excluding hydrogens is 386 g/mol. The number of hydrogen-bond acceptors (Lipinski definition) is 4. The highest BCUT2D eigenvalue weighted by atomic mass is 16.5. The number of fused-ring (bicyclic) bond motifs is 1. The van der Waals surface area contributed by atoms with Gasteiger partial charge in [0.15, 0.2) is 0 Å². The average molecular weight is 422 g/mol. The highest BCUT2D eigenvalue weighted by Crippen LogP contribution is 2.60. The lowest BCUT2D eigenvalue weighted by atomic mass is 9.96. The van der Waals surface area contributed by atoms with Crippen molar-refractivity contribution in [2.24, 2.45) is 16.8 Å². The summed E-state index contributed by atoms with van der Waals surface area (Å²) < 4.78 is 5.57. The van der Waals surface area contributed by atoms with Gasteiger partial charge in [0, 0.05) is 29.8 Å². The van der Waals surface area contributed by atoms with Crippen molar-refractivity contribution in [1.82, 2.24) is 10.2 Å². The predicted octanol–water partition coefficient (Wildman–Crippen LogP) is 4.67. The van der Waals surface area contributed by atoms with Gasteiger partial charge in [-0.3, -0.25) is 4.79 Å². The molecule has 3 fully saturated rings. The summed E-state index contributed by atoms with van der Waals surface area (Å²) in [6, 6.07) is 8.28. The summed E-state index contributed by atoms with van der Waals surface area (Å²) in [5, 5.41) is 3.54. The molecule has 1 aliphatic heterocycles. The number of benzene rings is 1. The topological polar surface area (TPSA) is 53.9 Å². The molecule has 166 valence electrons. The standard InChI is InChI=1S/C26H35N3O2/c1-7-17(24(27-5)28-26(4)12-13-26)22(16(2)3)25(30)29-14-19-20(15-29)23(19)18-10-8-9-11-21(18)31-6/h8-11,19-20,23,28H,5,7,12-15H2,1-4,6H3/b24-17-/t19-,20+,23?. The zero-order valence-electron chi connectivity index (χ0n) is 19.5. The molecule has 0 radical (unpaired) electrons. The van der Waals surface area contributed by atoms with Crippen LogP contribution in [0.2, 0.25) is 0 Å². The van der Waals surface area contributed by atoms with Gasteiger partial charge in [0.2, 0.25) is 0 Å². The van der Waals surface area contributed by atoms with Crippen molar-refractivity contribution >= 4 is 12.6 Å². The SMILES string of the molecule is C=N/C(NC1(C)CC1)=C(\CC)C(C(=O)N1C[C@@H]2C(c3ccccc3OC)[C@@H]2C1)=C(C)C. The molecule has 2 saturated carbocycles. The number of carbonyl (C=O) groups excluding carboxylic acids is 1. The summed E-state index contributed by atoms with van der Waals surface area (Å²) in [5.41, 5.74) is 4.19. The molecule has 5 heteroatoms. The fourth-order valence-corrected chi connectivity index (χ4v) is 5.17. The Morgan fingerprint density at radius 3 is 2.42 bits per heavy atom. The number of rotatable bonds is 8. The van der Waals surface area contributed by atoms with Crippen LogP contribution in [0.1, 0.15) is 58.4 Å². The number of nitrogens with one attached hydrogen (secondary N) is 1. The van der Waals surface area contributed by atoms with Gasteiger partial charge < -0.3 is 15.0 Å². The molecule has 4 rings (SSSR count). The number of likely N-dealkylation sites (tertiary alicyclic amines) is 1. The van der Waals surface area contributed by atoms with Crippen molar-refractivity contribution in [3.8, 4) is 5.75 Å². The van der Waals surface area contributed by atoms with E-state index in [1.54, 1.807) is 7.11 Å². The summed E-state index contributed by atoms with van der Waals surface area (Å²) in [4.78, 5) is 20.0. The lowest BCUT2D eigenvalue weighted by molar-refractivity contribution is -0.126. The van der Waals surface area contributed by atoms with Crippen LogP contribution < -0.4 is 10.1 Å². The number of nitrogens with zero attached hydrogens (tertiary/aromatic N) is 2. The number of aliphatic imine (C=N–C) groups is 1. The summed E-state index contributed by atoms with van der Waals surface area (Å²) >= 11 is 0. The fraction of sp³-hybridized carbons (Fsp3) is 0.538. The summed E-state index contributed by atoms with van der Waals surface area (Å²) in [5.74, 6) is 3.40. The van der Waals surface area contributed by atoms with Gasteiger partial charge in [-0.2, -0.15) is 0 Å². The Balaban J connectivity index is 1.52. The first-order valence-electron chi connectivity index (χ1n) is 11.4. The molecule has 1 heterocycles. The first-order chi connectivity index (χ1) is 14.8. The monoisotopic (exact) mass is 421 g/mol. The van der Waals surface area contributed by atoms with E-state index >= 15 is 0 Å². The van der Waals surface area contributed by atoms with Crippen molar-refractivity contribution in [3.63, 3.8) is 0 Å². The van der Waals surface area contributed by atoms with Crippen LogP contribution in [0.3, 0.4) is 0 Å². The first-order valence-corrected chi connectivity index (χ1v) is 11.4. The summed E-state index contributed by atoms with van der Waals surface area (Å²) in [6.45, 7) is 13.7. The molecule has 0 aromatic heterocycles. The lowest BCUT2D eigenvalue weighted by Crippen LogP contribution is -2.35. The van der Waals surface area contributed by atoms with Crippen LogP contribution >= 0.6 is 0 Å². The largest absolute Gasteiger partial charge is 0.496 e. The van der Waals surface area contributed by atoms with Crippen molar-refractivity contribution in [1.29, 1.82) is 0 Å². The quantitative estimate of drug-likeness (QED) is 0.377. The van der Waals surface area contributed by atoms with Gasteiger partial charge in [0.05, 0.1) is 7.11 Å². The van der Waals surface area contributed by atoms with Crippen molar-refractivity contribution in [2.75, 3.05) is 20.2 Å². The second-order valence-corrected chi connectivity index (χ2v) is 9.71. The lowest BCUT2D eigenvalue weighted by Gasteiger charge is -2.25. The van der Waals surface area contributed by atoms with E-state index in [9.17, 15) is 4.79 Å². The molecule has 0 bridgehead atoms. The zero-order chi connectivity index (χ0) is 22.3. The first kappa shape index (κ1) is 21.7. The van der Waals surface area contributed by atoms with Crippen LogP contribution in [0.4, 0.5) is 0 Å². The molecule has 1 aromatic rings. The van der Waals surface area contributed by atoms with E-state index < -0.39 is 0 Å². The van der Waals surface area contributed by atoms with Gasteiger partial charge >= 0.3 is 0 Å². The van der Waals surface area contributed by atoms with Crippen LogP contribution in [-0.4, -0.2) is 43.3 Å². The van der Waals surface area contributed by atoms with Crippen LogP contribution in [0, 0.1) is 11.8 Å². The molecule has 2 aliphatic carbocycles. The molecule has 0 spiro atoms. The van der Waals surface area contributed by atoms with Crippen LogP contribution in [0.15, 0.2) is 51.8 Å². The molecule has 1 saturated heterocycles. The van der Waals surface area contributed by atoms with E-state index in [4.69, 9.17) is 4.74 Å². The fourth-order valence-electron chi connectivity index (χ4n) is 5.17. The number of piperidine rings is 1. The molecule has 3 aliphatic rings. The maximum absolute atomic E-state index is 13.6. The molecule has 1 N–H and O–H groups in total. The molecule has 5 nitrogen and oxygen atoms in total. The second-order valence-electron chi connectivity index (χ2n) is 9.71. The molecule has 3 atom stereocenters. The van der Waals surface area contributed by atoms with E-state index in [-0.39, 0.29) is 11.4 Å². The minimum atomic E-state index is 0.0873. The van der Waals surface area contributed by atoms with Crippen LogP contribution in [-0.2, 0) is 4.79 Å². The Labute approximate surface area is 186 Å². The molecular formula is C26H35N3O2. The zero-order valence-corrected chi connectivity index (χ0v) is 19.5. The van der Waals surface area contributed by atoms with E-state index in [1.165, 1.54) is 5.56 Å². The normalized spacial score (nSPS) is 25.8. The minimum Gasteiger partial charge on any atom is -0.496 e. The third-order valence-electron chi connectivity index (χ3n) is 7.21. The Hall–Kier alpha value is -2.56.